The van der Waals surface area contributed by atoms with E-state index < -0.39 is 53.7 Å². The monoisotopic (exact) mass is 414 g/mol. The molecule has 0 saturated carbocycles. The summed E-state index contributed by atoms with van der Waals surface area (Å²) in [6.07, 6.45) is -9.72. The number of carboxylic acid groups (broad SMARTS) is 1. The quantitative estimate of drug-likeness (QED) is 0.183. The topological polar surface area (TPSA) is 92.7 Å². The fourth-order valence-corrected chi connectivity index (χ4v) is 1.51. The molecule has 6 nitrogen and oxygen atoms in total. The van der Waals surface area contributed by atoms with E-state index in [-0.39, 0.29) is 18.9 Å². The van der Waals surface area contributed by atoms with Gasteiger partial charge in [-0.25, -0.2) is 0 Å². The van der Waals surface area contributed by atoms with Crippen molar-refractivity contribution in [1.29, 1.82) is 0 Å². The van der Waals surface area contributed by atoms with Crippen LogP contribution in [0, 0.1) is 0 Å². The molecular weight excluding hydrogens is 406 g/mol. The van der Waals surface area contributed by atoms with Crippen LogP contribution in [0.2, 0.25) is 0 Å². The number of carboxylic acids is 1. The SMILES string of the molecule is COC(OC)(C(=O)[O-])C(=O)CC(=O)C(F)(F)C(F)(F)C(F)(F)C(F)(F)F.[Li+]. The molecule has 0 N–H and O–H groups in total. The molecule has 0 radical (unpaired) electrons. The van der Waals surface area contributed by atoms with Crippen molar-refractivity contribution in [2.45, 2.75) is 36.2 Å². The second kappa shape index (κ2) is 8.37. The standard InChI is InChI=1S/C11H9F9O6.Li/c1-25-7(26-2,6(23)24)4(21)3-5(22)8(12,13)9(14,15)10(16,17)11(18,19)20;/h3H2,1-2H3,(H,23,24);/q;+1/p-1. The van der Waals surface area contributed by atoms with Crippen LogP contribution in [0.4, 0.5) is 39.5 Å². The Kier molecular flexibility index (Phi) is 8.66. The van der Waals surface area contributed by atoms with E-state index in [1.54, 1.807) is 0 Å². The van der Waals surface area contributed by atoms with Crippen molar-refractivity contribution in [3.63, 3.8) is 0 Å². The van der Waals surface area contributed by atoms with Crippen LogP contribution in [0.25, 0.3) is 0 Å². The van der Waals surface area contributed by atoms with Crippen LogP contribution in [0.5, 0.6) is 0 Å². The second-order valence-electron chi connectivity index (χ2n) is 4.56. The summed E-state index contributed by atoms with van der Waals surface area (Å²) in [7, 11) is 0.846. The van der Waals surface area contributed by atoms with Gasteiger partial charge in [-0.05, 0) is 0 Å². The van der Waals surface area contributed by atoms with Crippen molar-refractivity contribution in [3.05, 3.63) is 0 Å². The number of hydrogen-bond acceptors (Lipinski definition) is 6. The van der Waals surface area contributed by atoms with Crippen LogP contribution in [0.3, 0.4) is 0 Å². The first-order valence-corrected chi connectivity index (χ1v) is 5.95. The normalized spacial score (nSPS) is 13.7. The number of methoxy groups -OCH3 is 2. The molecular formula is C11H8F9LiO6. The number of carbonyl (C=O) groups is 3. The van der Waals surface area contributed by atoms with Crippen molar-refractivity contribution in [1.82, 2.24) is 0 Å². The molecule has 0 bridgehead atoms. The molecule has 0 unspecified atom stereocenters. The molecule has 27 heavy (non-hydrogen) atoms. The Bertz CT molecular complexity index is 585. The Morgan fingerprint density at radius 2 is 1.15 bits per heavy atom. The second-order valence-corrected chi connectivity index (χ2v) is 4.56. The summed E-state index contributed by atoms with van der Waals surface area (Å²) < 4.78 is 122. The number of hydrogen-bond donors (Lipinski definition) is 0. The van der Waals surface area contributed by atoms with Gasteiger partial charge in [0, 0.05) is 14.2 Å². The Balaban J connectivity index is 0. The number of Topliss-reactive ketones (excluding diaryl/α,β-unsaturated/α-hetero) is 2. The van der Waals surface area contributed by atoms with Crippen LogP contribution >= 0.6 is 0 Å². The van der Waals surface area contributed by atoms with Gasteiger partial charge in [-0.15, -0.1) is 0 Å². The maximum Gasteiger partial charge on any atom is 1.00 e. The summed E-state index contributed by atoms with van der Waals surface area (Å²) in [5, 5.41) is 10.7. The van der Waals surface area contributed by atoms with Gasteiger partial charge in [0.1, 0.15) is 5.97 Å². The average Bonchev–Trinajstić information content (AvgIpc) is 2.46. The number of ketones is 2. The van der Waals surface area contributed by atoms with Gasteiger partial charge in [0.15, 0.2) is 0 Å². The molecule has 0 aliphatic rings. The largest absolute Gasteiger partial charge is 1.00 e. The Morgan fingerprint density at radius 3 is 1.41 bits per heavy atom. The Morgan fingerprint density at radius 1 is 0.778 bits per heavy atom. The Hall–Kier alpha value is -1.30. The summed E-state index contributed by atoms with van der Waals surface area (Å²) in [6, 6.07) is 0. The van der Waals surface area contributed by atoms with Gasteiger partial charge < -0.3 is 19.4 Å². The third-order valence-electron chi connectivity index (χ3n) is 3.03. The first kappa shape index (κ1) is 27.9. The van der Waals surface area contributed by atoms with Gasteiger partial charge in [-0.2, -0.15) is 39.5 Å². The molecule has 0 heterocycles. The molecule has 0 aliphatic heterocycles. The minimum atomic E-state index is -7.35. The molecule has 152 valence electrons. The molecule has 0 aromatic rings. The molecule has 0 amide bonds. The first-order chi connectivity index (χ1) is 11.4. The van der Waals surface area contributed by atoms with E-state index in [4.69, 9.17) is 0 Å². The average molecular weight is 414 g/mol. The number of aliphatic carboxylic acids is 1. The summed E-state index contributed by atoms with van der Waals surface area (Å²) >= 11 is 0. The van der Waals surface area contributed by atoms with E-state index in [0.29, 0.717) is 14.2 Å². The third-order valence-corrected chi connectivity index (χ3v) is 3.03. The zero-order valence-corrected chi connectivity index (χ0v) is 13.6. The molecule has 0 fully saturated rings. The van der Waals surface area contributed by atoms with Crippen LogP contribution in [-0.2, 0) is 23.9 Å². The molecule has 0 aliphatic carbocycles. The van der Waals surface area contributed by atoms with Crippen molar-refractivity contribution in [2.75, 3.05) is 14.2 Å². The zero-order valence-electron chi connectivity index (χ0n) is 13.6. The molecule has 0 aromatic carbocycles. The third kappa shape index (κ3) is 4.41. The van der Waals surface area contributed by atoms with E-state index in [1.165, 1.54) is 0 Å². The van der Waals surface area contributed by atoms with Crippen molar-refractivity contribution >= 4 is 17.5 Å². The minimum absolute atomic E-state index is 0. The maximum atomic E-state index is 13.3. The molecule has 16 heteroatoms. The van der Waals surface area contributed by atoms with Crippen molar-refractivity contribution in [2.24, 2.45) is 0 Å². The van der Waals surface area contributed by atoms with Gasteiger partial charge in [-0.1, -0.05) is 0 Å². The van der Waals surface area contributed by atoms with Crippen LogP contribution in [0.15, 0.2) is 0 Å². The predicted molar refractivity (Wildman–Crippen MR) is 57.3 cm³/mol. The number of alkyl halides is 9. The zero-order chi connectivity index (χ0) is 21.4. The molecule has 0 saturated heterocycles. The van der Waals surface area contributed by atoms with Gasteiger partial charge in [0.05, 0.1) is 6.42 Å². The smallest absolute Gasteiger partial charge is 0.544 e. The maximum absolute atomic E-state index is 13.3. The summed E-state index contributed by atoms with van der Waals surface area (Å²) in [5.74, 6) is -33.3. The van der Waals surface area contributed by atoms with Gasteiger partial charge >= 0.3 is 42.8 Å². The van der Waals surface area contributed by atoms with Gasteiger partial charge in [0.2, 0.25) is 11.6 Å². The number of halogens is 9. The van der Waals surface area contributed by atoms with Crippen LogP contribution < -0.4 is 24.0 Å². The fraction of sp³-hybridized carbons (Fsp3) is 0.727. The van der Waals surface area contributed by atoms with E-state index in [2.05, 4.69) is 9.47 Å². The van der Waals surface area contributed by atoms with Crippen molar-refractivity contribution in [3.8, 4) is 0 Å². The first-order valence-electron chi connectivity index (χ1n) is 5.95. The minimum Gasteiger partial charge on any atom is -0.544 e. The van der Waals surface area contributed by atoms with Gasteiger partial charge in [0.25, 0.3) is 5.79 Å². The number of rotatable bonds is 9. The predicted octanol–water partition coefficient (Wildman–Crippen LogP) is -2.27. The number of carbonyl (C=O) groups excluding carboxylic acids is 3. The fourth-order valence-electron chi connectivity index (χ4n) is 1.51. The number of ether oxygens (including phenoxy) is 2. The summed E-state index contributed by atoms with van der Waals surface area (Å²) in [6.45, 7) is 0. The Labute approximate surface area is 156 Å². The van der Waals surface area contributed by atoms with E-state index >= 15 is 0 Å². The van der Waals surface area contributed by atoms with Crippen LogP contribution in [-0.4, -0.2) is 61.5 Å². The molecule has 0 rings (SSSR count). The van der Waals surface area contributed by atoms with E-state index in [0.717, 1.165) is 0 Å². The van der Waals surface area contributed by atoms with Crippen molar-refractivity contribution < 1.29 is 87.3 Å². The van der Waals surface area contributed by atoms with E-state index in [9.17, 15) is 59.0 Å². The van der Waals surface area contributed by atoms with Gasteiger partial charge in [-0.3, -0.25) is 9.59 Å². The summed E-state index contributed by atoms with van der Waals surface area (Å²) in [5.41, 5.74) is 0. The molecule has 0 spiro atoms. The van der Waals surface area contributed by atoms with Crippen LogP contribution in [0.1, 0.15) is 6.42 Å². The summed E-state index contributed by atoms with van der Waals surface area (Å²) in [4.78, 5) is 33.4. The molecule has 0 atom stereocenters. The van der Waals surface area contributed by atoms with E-state index in [1.807, 2.05) is 0 Å². The molecule has 0 aromatic heterocycles.